The normalized spacial score (nSPS) is 29.0. The van der Waals surface area contributed by atoms with Gasteiger partial charge in [0.05, 0.1) is 0 Å². The summed E-state index contributed by atoms with van der Waals surface area (Å²) in [5, 5.41) is 29.2. The van der Waals surface area contributed by atoms with Crippen molar-refractivity contribution < 1.29 is 20.1 Å². The number of fused-ring (bicyclic) bond motifs is 1. The average Bonchev–Trinajstić information content (AvgIpc) is 2.94. The van der Waals surface area contributed by atoms with E-state index in [0.717, 1.165) is 11.9 Å². The van der Waals surface area contributed by atoms with E-state index in [2.05, 4.69) is 15.0 Å². The van der Waals surface area contributed by atoms with Crippen LogP contribution in [0.15, 0.2) is 23.9 Å². The number of halogens is 1. The van der Waals surface area contributed by atoms with Crippen LogP contribution >= 0.6 is 11.6 Å². The minimum absolute atomic E-state index is 0.0549. The van der Waals surface area contributed by atoms with E-state index < -0.39 is 18.4 Å². The van der Waals surface area contributed by atoms with Crippen molar-refractivity contribution in [2.75, 3.05) is 0 Å². The van der Waals surface area contributed by atoms with E-state index in [1.54, 1.807) is 0 Å². The standard InChI is InChI=1S/C10H9ClN4O4/c11-1-4-6(16)7(17)10(19-4)15-3-14-5-8(15)12-2-13-9(5)18/h1-3,6-7,10,16-17H,(H,12,13,18)/b4-1+/t6-,7-,10-/m1/s1. The molecule has 1 aliphatic heterocycles. The van der Waals surface area contributed by atoms with Gasteiger partial charge < -0.3 is 20.1 Å². The Morgan fingerprint density at radius 2 is 2.11 bits per heavy atom. The molecule has 2 aromatic heterocycles. The monoisotopic (exact) mass is 284 g/mol. The van der Waals surface area contributed by atoms with Gasteiger partial charge in [-0.3, -0.25) is 4.57 Å². The van der Waals surface area contributed by atoms with E-state index in [1.165, 1.54) is 10.9 Å². The summed E-state index contributed by atoms with van der Waals surface area (Å²) in [6, 6.07) is 0. The highest BCUT2D eigenvalue weighted by atomic mass is 35.5. The number of aliphatic hydroxyl groups is 2. The van der Waals surface area contributed by atoms with Crippen molar-refractivity contribution in [3.63, 3.8) is 0 Å². The second kappa shape index (κ2) is 4.34. The van der Waals surface area contributed by atoms with Gasteiger partial charge in [0.15, 0.2) is 11.2 Å². The van der Waals surface area contributed by atoms with E-state index in [9.17, 15) is 15.3 Å². The van der Waals surface area contributed by atoms with Gasteiger partial charge in [-0.1, -0.05) is 11.6 Å². The molecule has 9 heteroatoms. The molecule has 0 saturated carbocycles. The molecule has 3 heterocycles. The predicted molar refractivity (Wildman–Crippen MR) is 63.1 cm³/mol. The van der Waals surface area contributed by atoms with Crippen molar-refractivity contribution in [3.8, 4) is 5.88 Å². The molecule has 0 unspecified atom stereocenters. The predicted octanol–water partition coefficient (Wildman–Crippen LogP) is -0.137. The van der Waals surface area contributed by atoms with Crippen molar-refractivity contribution in [2.45, 2.75) is 18.4 Å². The first-order valence-corrected chi connectivity index (χ1v) is 5.76. The molecule has 0 amide bonds. The molecule has 3 N–H and O–H groups in total. The van der Waals surface area contributed by atoms with Crippen LogP contribution in [0.5, 0.6) is 5.88 Å². The van der Waals surface area contributed by atoms with Crippen LogP contribution in [-0.2, 0) is 4.74 Å². The van der Waals surface area contributed by atoms with Crippen LogP contribution in [0.4, 0.5) is 0 Å². The Kier molecular flexibility index (Phi) is 2.77. The SMILES string of the molecule is Oc1ncnc2c1ncn2[C@@H]1O/C(=C/Cl)[C@@H](O)[C@H]1O. The largest absolute Gasteiger partial charge is 0.492 e. The number of aromatic hydroxyl groups is 1. The minimum atomic E-state index is -1.23. The zero-order valence-corrected chi connectivity index (χ0v) is 10.1. The maximum Gasteiger partial charge on any atom is 0.242 e. The number of hydrogen-bond donors (Lipinski definition) is 3. The van der Waals surface area contributed by atoms with Crippen LogP contribution in [0.25, 0.3) is 11.2 Å². The summed E-state index contributed by atoms with van der Waals surface area (Å²) in [6.07, 6.45) is -0.892. The second-order valence-electron chi connectivity index (χ2n) is 3.98. The third kappa shape index (κ3) is 1.72. The van der Waals surface area contributed by atoms with Crippen LogP contribution in [-0.4, -0.2) is 47.0 Å². The van der Waals surface area contributed by atoms with Crippen LogP contribution in [0.2, 0.25) is 0 Å². The van der Waals surface area contributed by atoms with Crippen LogP contribution < -0.4 is 0 Å². The fourth-order valence-electron chi connectivity index (χ4n) is 1.94. The molecule has 1 fully saturated rings. The molecule has 100 valence electrons. The van der Waals surface area contributed by atoms with Crippen LogP contribution in [0, 0.1) is 0 Å². The highest BCUT2D eigenvalue weighted by Gasteiger charge is 2.41. The number of aliphatic hydroxyl groups excluding tert-OH is 2. The van der Waals surface area contributed by atoms with Crippen molar-refractivity contribution in [1.29, 1.82) is 0 Å². The highest BCUT2D eigenvalue weighted by molar-refractivity contribution is 6.25. The Morgan fingerprint density at radius 3 is 2.79 bits per heavy atom. The Bertz CT molecular complexity index is 658. The van der Waals surface area contributed by atoms with Gasteiger partial charge in [-0.2, -0.15) is 4.98 Å². The Hall–Kier alpha value is -1.90. The number of ether oxygens (including phenoxy) is 1. The summed E-state index contributed by atoms with van der Waals surface area (Å²) in [5.74, 6) is -0.218. The summed E-state index contributed by atoms with van der Waals surface area (Å²) >= 11 is 5.49. The molecule has 2 aromatic rings. The number of aromatic nitrogens is 4. The van der Waals surface area contributed by atoms with Gasteiger partial charge in [-0.05, 0) is 0 Å². The summed E-state index contributed by atoms with van der Waals surface area (Å²) in [5.41, 5.74) is 1.51. The zero-order chi connectivity index (χ0) is 13.6. The van der Waals surface area contributed by atoms with E-state index in [-0.39, 0.29) is 22.8 Å². The fraction of sp³-hybridized carbons (Fsp3) is 0.300. The first kappa shape index (κ1) is 12.2. The van der Waals surface area contributed by atoms with Gasteiger partial charge >= 0.3 is 0 Å². The quantitative estimate of drug-likeness (QED) is 0.668. The molecule has 3 rings (SSSR count). The van der Waals surface area contributed by atoms with Crippen molar-refractivity contribution in [2.24, 2.45) is 0 Å². The first-order chi connectivity index (χ1) is 9.13. The topological polar surface area (TPSA) is 114 Å². The smallest absolute Gasteiger partial charge is 0.242 e. The number of nitrogens with zero attached hydrogens (tertiary/aromatic N) is 4. The van der Waals surface area contributed by atoms with E-state index in [1.807, 2.05) is 0 Å². The van der Waals surface area contributed by atoms with Crippen LogP contribution in [0.3, 0.4) is 0 Å². The molecule has 1 aliphatic rings. The van der Waals surface area contributed by atoms with E-state index >= 15 is 0 Å². The second-order valence-corrected chi connectivity index (χ2v) is 4.19. The minimum Gasteiger partial charge on any atom is -0.492 e. The lowest BCUT2D eigenvalue weighted by atomic mass is 10.2. The molecule has 1 saturated heterocycles. The van der Waals surface area contributed by atoms with Gasteiger partial charge in [0.25, 0.3) is 0 Å². The molecule has 0 aromatic carbocycles. The molecular weight excluding hydrogens is 276 g/mol. The highest BCUT2D eigenvalue weighted by Crippen LogP contribution is 2.34. The zero-order valence-electron chi connectivity index (χ0n) is 9.38. The number of imidazole rings is 1. The molecule has 0 radical (unpaired) electrons. The third-order valence-electron chi connectivity index (χ3n) is 2.89. The molecule has 0 spiro atoms. The van der Waals surface area contributed by atoms with Crippen molar-refractivity contribution in [3.05, 3.63) is 23.9 Å². The molecule has 8 nitrogen and oxygen atoms in total. The van der Waals surface area contributed by atoms with E-state index in [4.69, 9.17) is 16.3 Å². The lowest BCUT2D eigenvalue weighted by Gasteiger charge is -2.15. The molecule has 0 bridgehead atoms. The van der Waals surface area contributed by atoms with Gasteiger partial charge in [0.1, 0.15) is 30.6 Å². The summed E-state index contributed by atoms with van der Waals surface area (Å²) in [6.45, 7) is 0. The maximum absolute atomic E-state index is 9.93. The lowest BCUT2D eigenvalue weighted by molar-refractivity contribution is -0.0118. The van der Waals surface area contributed by atoms with Gasteiger partial charge in [-0.25, -0.2) is 9.97 Å². The lowest BCUT2D eigenvalue weighted by Crippen LogP contribution is -2.27. The first-order valence-electron chi connectivity index (χ1n) is 5.33. The molecule has 3 atom stereocenters. The molecule has 19 heavy (non-hydrogen) atoms. The third-order valence-corrected chi connectivity index (χ3v) is 3.10. The van der Waals surface area contributed by atoms with Crippen molar-refractivity contribution >= 4 is 22.8 Å². The van der Waals surface area contributed by atoms with Gasteiger partial charge in [0.2, 0.25) is 12.1 Å². The average molecular weight is 285 g/mol. The molecular formula is C10H9ClN4O4. The fourth-order valence-corrected chi connectivity index (χ4v) is 2.12. The Labute approximate surface area is 111 Å². The van der Waals surface area contributed by atoms with Crippen molar-refractivity contribution in [1.82, 2.24) is 19.5 Å². The van der Waals surface area contributed by atoms with Gasteiger partial charge in [0, 0.05) is 5.54 Å². The van der Waals surface area contributed by atoms with E-state index in [0.29, 0.717) is 0 Å². The Balaban J connectivity index is 2.09. The number of rotatable bonds is 1. The maximum atomic E-state index is 9.93. The Morgan fingerprint density at radius 1 is 1.32 bits per heavy atom. The summed E-state index contributed by atoms with van der Waals surface area (Å²) < 4.78 is 6.72. The molecule has 0 aliphatic carbocycles. The number of hydrogen-bond acceptors (Lipinski definition) is 7. The summed E-state index contributed by atoms with van der Waals surface area (Å²) in [4.78, 5) is 11.5. The van der Waals surface area contributed by atoms with Gasteiger partial charge in [-0.15, -0.1) is 0 Å². The summed E-state index contributed by atoms with van der Waals surface area (Å²) in [7, 11) is 0. The van der Waals surface area contributed by atoms with Crippen LogP contribution in [0.1, 0.15) is 6.23 Å².